The first-order valence-electron chi connectivity index (χ1n) is 9.40. The molecule has 1 aliphatic rings. The summed E-state index contributed by atoms with van der Waals surface area (Å²) in [7, 11) is 3.08. The molecule has 9 nitrogen and oxygen atoms in total. The maximum Gasteiger partial charge on any atom is 0.281 e. The zero-order valence-corrected chi connectivity index (χ0v) is 18.1. The third kappa shape index (κ3) is 5.08. The molecule has 1 fully saturated rings. The minimum absolute atomic E-state index is 0.249. The zero-order valence-electron chi connectivity index (χ0n) is 17.2. The fraction of sp³-hybridized carbons (Fsp3) is 0.526. The summed E-state index contributed by atoms with van der Waals surface area (Å²) in [6.45, 7) is 1.42. The Morgan fingerprint density at radius 3 is 2.59 bits per heavy atom. The summed E-state index contributed by atoms with van der Waals surface area (Å²) in [5.41, 5.74) is 1.72. The number of ether oxygens (including phenoxy) is 3. The lowest BCUT2D eigenvalue weighted by molar-refractivity contribution is -0.00649. The van der Waals surface area contributed by atoms with Crippen LogP contribution in [0.1, 0.15) is 17.5 Å². The minimum atomic E-state index is -3.47. The summed E-state index contributed by atoms with van der Waals surface area (Å²) >= 11 is 0. The average molecular weight is 425 g/mol. The van der Waals surface area contributed by atoms with Crippen LogP contribution in [0.2, 0.25) is 0 Å². The van der Waals surface area contributed by atoms with Gasteiger partial charge in [0.25, 0.3) is 10.2 Å². The largest absolute Gasteiger partial charge is 0.497 e. The van der Waals surface area contributed by atoms with Gasteiger partial charge in [-0.3, -0.25) is 4.68 Å². The van der Waals surface area contributed by atoms with E-state index in [9.17, 15) is 8.42 Å². The summed E-state index contributed by atoms with van der Waals surface area (Å²) < 4.78 is 45.9. The number of methoxy groups -OCH3 is 1. The molecule has 0 aliphatic carbocycles. The number of aromatic nitrogens is 2. The van der Waals surface area contributed by atoms with Crippen molar-refractivity contribution in [2.45, 2.75) is 12.5 Å². The molecule has 0 unspecified atom stereocenters. The van der Waals surface area contributed by atoms with Gasteiger partial charge in [-0.25, -0.2) is 0 Å². The summed E-state index contributed by atoms with van der Waals surface area (Å²) in [6.07, 6.45) is 0.281. The molecule has 0 N–H and O–H groups in total. The highest BCUT2D eigenvalue weighted by atomic mass is 32.2. The van der Waals surface area contributed by atoms with Gasteiger partial charge in [0.05, 0.1) is 26.0 Å². The Balaban J connectivity index is 1.60. The molecule has 10 heteroatoms. The molecule has 0 amide bonds. The molecular formula is C19H28N4O5S. The Bertz CT molecular complexity index is 911. The first-order chi connectivity index (χ1) is 13.8. The topological polar surface area (TPSA) is 86.1 Å². The number of benzene rings is 1. The van der Waals surface area contributed by atoms with Crippen LogP contribution in [-0.2, 0) is 28.4 Å². The first kappa shape index (κ1) is 21.6. The number of nitrogens with zero attached hydrogens (tertiary/aromatic N) is 4. The van der Waals surface area contributed by atoms with Crippen molar-refractivity contribution in [1.82, 2.24) is 18.4 Å². The van der Waals surface area contributed by atoms with Crippen LogP contribution in [-0.4, -0.2) is 74.3 Å². The Kier molecular flexibility index (Phi) is 6.78. The summed E-state index contributed by atoms with van der Waals surface area (Å²) in [5, 5.41) is 4.53. The standard InChI is InChI=1S/C19H28N4O5S/c1-21(2)29(24,25)23-10-12-28-19(14-23)18-13-15(22(3)20-18)9-11-27-17-7-5-16(26-4)6-8-17/h5-8,13,19H,9-12,14H2,1-4H3/t19-/m1/s1. The number of aryl methyl sites for hydroxylation is 1. The molecule has 0 radical (unpaired) electrons. The van der Waals surface area contributed by atoms with Crippen molar-refractivity contribution in [1.29, 1.82) is 0 Å². The van der Waals surface area contributed by atoms with Crippen LogP contribution in [0, 0.1) is 0 Å². The van der Waals surface area contributed by atoms with E-state index in [0.717, 1.165) is 22.9 Å². The fourth-order valence-electron chi connectivity index (χ4n) is 3.11. The molecule has 0 saturated carbocycles. The number of rotatable bonds is 8. The molecule has 1 aromatic heterocycles. The number of morpholine rings is 1. The van der Waals surface area contributed by atoms with Gasteiger partial charge in [0.2, 0.25) is 0 Å². The van der Waals surface area contributed by atoms with Crippen molar-refractivity contribution < 1.29 is 22.6 Å². The highest BCUT2D eigenvalue weighted by Gasteiger charge is 2.32. The first-order valence-corrected chi connectivity index (χ1v) is 10.8. The number of hydrogen-bond acceptors (Lipinski definition) is 6. The highest BCUT2D eigenvalue weighted by Crippen LogP contribution is 2.24. The Morgan fingerprint density at radius 2 is 1.93 bits per heavy atom. The second-order valence-corrected chi connectivity index (χ2v) is 9.11. The van der Waals surface area contributed by atoms with Crippen molar-refractivity contribution in [2.75, 3.05) is 47.5 Å². The van der Waals surface area contributed by atoms with E-state index in [4.69, 9.17) is 14.2 Å². The van der Waals surface area contributed by atoms with Gasteiger partial charge in [0, 0.05) is 46.3 Å². The van der Waals surface area contributed by atoms with E-state index < -0.39 is 10.2 Å². The van der Waals surface area contributed by atoms with E-state index in [1.54, 1.807) is 11.8 Å². The van der Waals surface area contributed by atoms with E-state index in [2.05, 4.69) is 5.10 Å². The Hall–Kier alpha value is -2.14. The Morgan fingerprint density at radius 1 is 1.24 bits per heavy atom. The third-order valence-corrected chi connectivity index (χ3v) is 6.74. The zero-order chi connectivity index (χ0) is 21.0. The van der Waals surface area contributed by atoms with Crippen molar-refractivity contribution in [3.63, 3.8) is 0 Å². The van der Waals surface area contributed by atoms with Crippen LogP contribution >= 0.6 is 0 Å². The van der Waals surface area contributed by atoms with Crippen LogP contribution in [0.25, 0.3) is 0 Å². The maximum absolute atomic E-state index is 12.4. The molecule has 29 heavy (non-hydrogen) atoms. The molecule has 2 heterocycles. The van der Waals surface area contributed by atoms with E-state index in [1.165, 1.54) is 22.7 Å². The number of hydrogen-bond donors (Lipinski definition) is 0. The lowest BCUT2D eigenvalue weighted by Gasteiger charge is -2.32. The van der Waals surface area contributed by atoms with Gasteiger partial charge in [0.15, 0.2) is 0 Å². The summed E-state index contributed by atoms with van der Waals surface area (Å²) in [5.74, 6) is 1.56. The van der Waals surface area contributed by atoms with Crippen LogP contribution in [0.4, 0.5) is 0 Å². The normalized spacial score (nSPS) is 18.2. The molecule has 1 aromatic carbocycles. The quantitative estimate of drug-likeness (QED) is 0.634. The third-order valence-electron chi connectivity index (χ3n) is 4.83. The van der Waals surface area contributed by atoms with Gasteiger partial charge in [-0.1, -0.05) is 0 Å². The van der Waals surface area contributed by atoms with Crippen LogP contribution in [0.15, 0.2) is 30.3 Å². The maximum atomic E-state index is 12.4. The lowest BCUT2D eigenvalue weighted by atomic mass is 10.2. The van der Waals surface area contributed by atoms with E-state index in [0.29, 0.717) is 26.2 Å². The molecule has 160 valence electrons. The minimum Gasteiger partial charge on any atom is -0.497 e. The van der Waals surface area contributed by atoms with Crippen molar-refractivity contribution in [3.8, 4) is 11.5 Å². The molecule has 0 spiro atoms. The van der Waals surface area contributed by atoms with E-state index >= 15 is 0 Å². The highest BCUT2D eigenvalue weighted by molar-refractivity contribution is 7.86. The molecule has 1 aliphatic heterocycles. The van der Waals surface area contributed by atoms with Crippen LogP contribution in [0.3, 0.4) is 0 Å². The van der Waals surface area contributed by atoms with Gasteiger partial charge in [-0.05, 0) is 30.3 Å². The summed E-state index contributed by atoms with van der Waals surface area (Å²) in [6, 6.07) is 9.39. The molecule has 1 atom stereocenters. The Labute approximate surface area is 171 Å². The SMILES string of the molecule is COc1ccc(OCCc2cc([C@H]3CN(S(=O)(=O)N(C)C)CCO3)nn2C)cc1. The summed E-state index contributed by atoms with van der Waals surface area (Å²) in [4.78, 5) is 0. The van der Waals surface area contributed by atoms with Gasteiger partial charge in [-0.15, -0.1) is 0 Å². The molecule has 0 bridgehead atoms. The van der Waals surface area contributed by atoms with E-state index in [1.807, 2.05) is 37.4 Å². The van der Waals surface area contributed by atoms with Crippen molar-refractivity contribution in [2.24, 2.45) is 7.05 Å². The van der Waals surface area contributed by atoms with Gasteiger partial charge < -0.3 is 14.2 Å². The second-order valence-electron chi connectivity index (χ2n) is 6.97. The smallest absolute Gasteiger partial charge is 0.281 e. The van der Waals surface area contributed by atoms with Crippen molar-refractivity contribution >= 4 is 10.2 Å². The molecule has 1 saturated heterocycles. The van der Waals surface area contributed by atoms with Crippen molar-refractivity contribution in [3.05, 3.63) is 41.7 Å². The molecular weight excluding hydrogens is 396 g/mol. The lowest BCUT2D eigenvalue weighted by Crippen LogP contribution is -2.47. The molecule has 2 aromatic rings. The van der Waals surface area contributed by atoms with Gasteiger partial charge in [0.1, 0.15) is 17.6 Å². The van der Waals surface area contributed by atoms with Gasteiger partial charge in [-0.2, -0.15) is 22.1 Å². The van der Waals surface area contributed by atoms with Gasteiger partial charge >= 0.3 is 0 Å². The average Bonchev–Trinajstić information content (AvgIpc) is 3.09. The fourth-order valence-corrected chi connectivity index (χ4v) is 4.20. The second kappa shape index (κ2) is 9.12. The van der Waals surface area contributed by atoms with Crippen LogP contribution in [0.5, 0.6) is 11.5 Å². The molecule has 3 rings (SSSR count). The predicted octanol–water partition coefficient (Wildman–Crippen LogP) is 1.23. The van der Waals surface area contributed by atoms with Crippen LogP contribution < -0.4 is 9.47 Å². The monoisotopic (exact) mass is 424 g/mol. The predicted molar refractivity (Wildman–Crippen MR) is 108 cm³/mol. The van der Waals surface area contributed by atoms with E-state index in [-0.39, 0.29) is 12.6 Å².